The van der Waals surface area contributed by atoms with E-state index in [1.165, 1.54) is 14.2 Å². The van der Waals surface area contributed by atoms with Gasteiger partial charge in [-0.3, -0.25) is 9.64 Å². The van der Waals surface area contributed by atoms with E-state index in [1.807, 2.05) is 36.4 Å². The first-order valence-electron chi connectivity index (χ1n) is 10.2. The zero-order valence-electron chi connectivity index (χ0n) is 17.8. The molecule has 1 aliphatic carbocycles. The zero-order chi connectivity index (χ0) is 22.3. The summed E-state index contributed by atoms with van der Waals surface area (Å²) in [4.78, 5) is 28.4. The molecular formula is C24H27N3O4. The number of nitrogens with zero attached hydrogens (tertiary/aromatic N) is 1. The summed E-state index contributed by atoms with van der Waals surface area (Å²) in [5.41, 5.74) is 0.252. The van der Waals surface area contributed by atoms with E-state index in [1.54, 1.807) is 18.2 Å². The maximum absolute atomic E-state index is 12.9. The second-order valence-electron chi connectivity index (χ2n) is 7.79. The molecule has 7 nitrogen and oxygen atoms in total. The highest BCUT2D eigenvalue weighted by atomic mass is 16.5. The molecule has 1 fully saturated rings. The molecule has 7 heteroatoms. The van der Waals surface area contributed by atoms with E-state index < -0.39 is 11.8 Å². The van der Waals surface area contributed by atoms with Crippen molar-refractivity contribution in [2.24, 2.45) is 0 Å². The van der Waals surface area contributed by atoms with E-state index in [9.17, 15) is 9.59 Å². The van der Waals surface area contributed by atoms with Gasteiger partial charge in [0.05, 0.1) is 19.8 Å². The van der Waals surface area contributed by atoms with Gasteiger partial charge in [0.2, 0.25) is 0 Å². The van der Waals surface area contributed by atoms with Crippen molar-refractivity contribution >= 4 is 12.0 Å². The van der Waals surface area contributed by atoms with Crippen molar-refractivity contribution in [3.05, 3.63) is 77.1 Å². The highest BCUT2D eigenvalue weighted by molar-refractivity contribution is 5.97. The monoisotopic (exact) mass is 421 g/mol. The van der Waals surface area contributed by atoms with E-state index >= 15 is 0 Å². The van der Waals surface area contributed by atoms with Crippen LogP contribution in [0.3, 0.4) is 0 Å². The highest BCUT2D eigenvalue weighted by Crippen LogP contribution is 2.43. The number of methoxy groups -OCH3 is 2. The van der Waals surface area contributed by atoms with Crippen LogP contribution in [-0.4, -0.2) is 38.4 Å². The van der Waals surface area contributed by atoms with Crippen LogP contribution >= 0.6 is 0 Å². The summed E-state index contributed by atoms with van der Waals surface area (Å²) in [6, 6.07) is 17.1. The lowest BCUT2D eigenvalue weighted by Crippen LogP contribution is -2.53. The van der Waals surface area contributed by atoms with Gasteiger partial charge in [-0.05, 0) is 30.5 Å². The quantitative estimate of drug-likeness (QED) is 0.693. The maximum Gasteiger partial charge on any atom is 0.412 e. The van der Waals surface area contributed by atoms with E-state index in [4.69, 9.17) is 16.0 Å². The molecule has 3 rings (SSSR count). The lowest BCUT2D eigenvalue weighted by Gasteiger charge is -2.41. The summed E-state index contributed by atoms with van der Waals surface area (Å²) < 4.78 is 10.0. The Morgan fingerprint density at radius 1 is 1.00 bits per heavy atom. The summed E-state index contributed by atoms with van der Waals surface area (Å²) in [5, 5.41) is 5.78. The predicted molar refractivity (Wildman–Crippen MR) is 117 cm³/mol. The van der Waals surface area contributed by atoms with Gasteiger partial charge < -0.3 is 14.8 Å². The smallest absolute Gasteiger partial charge is 0.412 e. The third-order valence-electron chi connectivity index (χ3n) is 6.09. The number of para-hydroxylation sites is 1. The van der Waals surface area contributed by atoms with Gasteiger partial charge in [0.25, 0.3) is 5.91 Å². The van der Waals surface area contributed by atoms with Gasteiger partial charge in [0.15, 0.2) is 0 Å². The Hall–Kier alpha value is -3.53. The average Bonchev–Trinajstić information content (AvgIpc) is 2.84. The van der Waals surface area contributed by atoms with Crippen LogP contribution in [0, 0.1) is 6.57 Å². The first-order chi connectivity index (χ1) is 15.0. The van der Waals surface area contributed by atoms with Crippen molar-refractivity contribution in [3.8, 4) is 5.75 Å². The molecule has 0 heterocycles. The summed E-state index contributed by atoms with van der Waals surface area (Å²) in [7, 11) is 2.83. The number of alkyl carbamates (subject to hydrolysis) is 1. The van der Waals surface area contributed by atoms with E-state index in [2.05, 4.69) is 15.5 Å². The predicted octanol–water partition coefficient (Wildman–Crippen LogP) is 3.91. The molecule has 0 aromatic heterocycles. The van der Waals surface area contributed by atoms with Gasteiger partial charge in [-0.2, -0.15) is 0 Å². The molecule has 0 atom stereocenters. The highest BCUT2D eigenvalue weighted by Gasteiger charge is 2.49. The standard InChI is InChI=1S/C24H27N3O4/c1-25-24(27-22(29)31-3)15-13-23(14-16-24,18-9-5-4-6-10-18)17-26-21(28)19-11-7-8-12-20(19)30-2/h4-12H,13-17H2,2-3H3,(H,26,28)(H,27,29). The van der Waals surface area contributed by atoms with Crippen molar-refractivity contribution < 1.29 is 19.1 Å². The van der Waals surface area contributed by atoms with Gasteiger partial charge in [0.1, 0.15) is 5.75 Å². The Morgan fingerprint density at radius 3 is 2.26 bits per heavy atom. The fourth-order valence-corrected chi connectivity index (χ4v) is 4.18. The second kappa shape index (κ2) is 9.52. The van der Waals surface area contributed by atoms with Gasteiger partial charge in [-0.15, -0.1) is 0 Å². The Bertz CT molecular complexity index is 960. The average molecular weight is 421 g/mol. The number of amides is 2. The van der Waals surface area contributed by atoms with Gasteiger partial charge in [0, 0.05) is 24.8 Å². The van der Waals surface area contributed by atoms with Crippen molar-refractivity contribution in [1.82, 2.24) is 10.6 Å². The van der Waals surface area contributed by atoms with Crippen molar-refractivity contribution in [2.75, 3.05) is 20.8 Å². The Morgan fingerprint density at radius 2 is 1.65 bits per heavy atom. The largest absolute Gasteiger partial charge is 0.496 e. The number of benzene rings is 2. The fourth-order valence-electron chi connectivity index (χ4n) is 4.18. The minimum absolute atomic E-state index is 0.206. The molecule has 0 unspecified atom stereocenters. The molecule has 1 aliphatic rings. The minimum atomic E-state index is -0.988. The molecule has 0 saturated heterocycles. The number of hydrogen-bond donors (Lipinski definition) is 2. The third kappa shape index (κ3) is 4.80. The molecular weight excluding hydrogens is 394 g/mol. The van der Waals surface area contributed by atoms with E-state index in [0.717, 1.165) is 5.56 Å². The summed E-state index contributed by atoms with van der Waals surface area (Å²) in [5.74, 6) is 0.314. The molecule has 2 N–H and O–H groups in total. The Balaban J connectivity index is 1.81. The number of hydrogen-bond acceptors (Lipinski definition) is 4. The zero-order valence-corrected chi connectivity index (χ0v) is 17.8. The fraction of sp³-hybridized carbons (Fsp3) is 0.375. The van der Waals surface area contributed by atoms with Gasteiger partial charge in [-0.1, -0.05) is 42.5 Å². The SMILES string of the molecule is [C-]#[N+]C1(NC(=O)OC)CCC(CNC(=O)c2ccccc2OC)(c2ccccc2)CC1. The molecule has 162 valence electrons. The molecule has 0 spiro atoms. The molecule has 2 aromatic rings. The normalized spacial score (nSPS) is 22.6. The molecule has 0 aliphatic heterocycles. The summed E-state index contributed by atoms with van der Waals surface area (Å²) >= 11 is 0. The van der Waals surface area contributed by atoms with Crippen LogP contribution in [0.4, 0.5) is 4.79 Å². The minimum Gasteiger partial charge on any atom is -0.496 e. The lowest BCUT2D eigenvalue weighted by molar-refractivity contribution is 0.0926. The number of carbonyl (C=O) groups excluding carboxylic acids is 2. The van der Waals surface area contributed by atoms with Crippen LogP contribution in [0.2, 0.25) is 0 Å². The van der Waals surface area contributed by atoms with Crippen LogP contribution in [0.1, 0.15) is 41.6 Å². The van der Waals surface area contributed by atoms with Crippen LogP contribution in [-0.2, 0) is 10.2 Å². The number of nitrogens with one attached hydrogen (secondary N) is 2. The summed E-state index contributed by atoms with van der Waals surface area (Å²) in [6.45, 7) is 8.06. The molecule has 31 heavy (non-hydrogen) atoms. The topological polar surface area (TPSA) is 81.0 Å². The van der Waals surface area contributed by atoms with Crippen molar-refractivity contribution in [1.29, 1.82) is 0 Å². The third-order valence-corrected chi connectivity index (χ3v) is 6.09. The molecule has 1 saturated carbocycles. The van der Waals surface area contributed by atoms with Gasteiger partial charge >= 0.3 is 11.8 Å². The first kappa shape index (κ1) is 22.2. The van der Waals surface area contributed by atoms with Crippen LogP contribution in [0.15, 0.2) is 54.6 Å². The molecule has 2 amide bonds. The number of carbonyl (C=O) groups is 2. The van der Waals surface area contributed by atoms with Crippen molar-refractivity contribution in [2.45, 2.75) is 36.8 Å². The molecule has 0 bridgehead atoms. The van der Waals surface area contributed by atoms with E-state index in [-0.39, 0.29) is 11.3 Å². The van der Waals surface area contributed by atoms with Gasteiger partial charge in [-0.25, -0.2) is 16.7 Å². The van der Waals surface area contributed by atoms with Crippen LogP contribution in [0.5, 0.6) is 5.75 Å². The maximum atomic E-state index is 12.9. The number of rotatable bonds is 6. The van der Waals surface area contributed by atoms with Crippen molar-refractivity contribution in [3.63, 3.8) is 0 Å². The lowest BCUT2D eigenvalue weighted by atomic mass is 9.66. The van der Waals surface area contributed by atoms with Crippen LogP contribution in [0.25, 0.3) is 4.85 Å². The second-order valence-corrected chi connectivity index (χ2v) is 7.79. The molecule has 0 radical (unpaired) electrons. The Labute approximate surface area is 182 Å². The van der Waals surface area contributed by atoms with E-state index in [0.29, 0.717) is 43.5 Å². The summed E-state index contributed by atoms with van der Waals surface area (Å²) in [6.07, 6.45) is 1.59. The van der Waals surface area contributed by atoms with Crippen LogP contribution < -0.4 is 15.4 Å². The first-order valence-corrected chi connectivity index (χ1v) is 10.2. The number of ether oxygens (including phenoxy) is 2. The molecule has 2 aromatic carbocycles. The Kier molecular flexibility index (Phi) is 6.81.